The zero-order valence-corrected chi connectivity index (χ0v) is 10.8. The SMILES string of the molecule is CCN(CC)CC(=O)c1ccn2cccc(O)c12. The van der Waals surface area contributed by atoms with Gasteiger partial charge >= 0.3 is 0 Å². The van der Waals surface area contributed by atoms with E-state index in [0.717, 1.165) is 13.1 Å². The van der Waals surface area contributed by atoms with Crippen LogP contribution in [-0.4, -0.2) is 39.8 Å². The Balaban J connectivity index is 2.34. The van der Waals surface area contributed by atoms with Crippen LogP contribution in [0.25, 0.3) is 5.52 Å². The van der Waals surface area contributed by atoms with Gasteiger partial charge in [0.05, 0.1) is 12.1 Å². The minimum atomic E-state index is 0.0442. The number of pyridine rings is 1. The molecular weight excluding hydrogens is 228 g/mol. The van der Waals surface area contributed by atoms with Crippen molar-refractivity contribution in [3.63, 3.8) is 0 Å². The van der Waals surface area contributed by atoms with Crippen LogP contribution in [0.2, 0.25) is 0 Å². The van der Waals surface area contributed by atoms with Gasteiger partial charge in [-0.3, -0.25) is 9.69 Å². The number of aromatic hydroxyl groups is 1. The Bertz CT molecular complexity index is 556. The molecule has 0 bridgehead atoms. The molecule has 2 aromatic rings. The van der Waals surface area contributed by atoms with Crippen LogP contribution in [0.4, 0.5) is 0 Å². The molecule has 0 radical (unpaired) electrons. The molecule has 2 heterocycles. The maximum Gasteiger partial charge on any atom is 0.179 e. The van der Waals surface area contributed by atoms with Crippen LogP contribution in [0.3, 0.4) is 0 Å². The zero-order valence-electron chi connectivity index (χ0n) is 10.8. The zero-order chi connectivity index (χ0) is 13.1. The van der Waals surface area contributed by atoms with Crippen molar-refractivity contribution in [1.82, 2.24) is 9.30 Å². The van der Waals surface area contributed by atoms with Gasteiger partial charge in [-0.2, -0.15) is 0 Å². The lowest BCUT2D eigenvalue weighted by Crippen LogP contribution is -2.29. The maximum absolute atomic E-state index is 12.2. The molecule has 0 fully saturated rings. The number of rotatable bonds is 5. The molecule has 0 aliphatic rings. The molecule has 2 rings (SSSR count). The summed E-state index contributed by atoms with van der Waals surface area (Å²) in [5.74, 6) is 0.188. The van der Waals surface area contributed by atoms with Crippen molar-refractivity contribution in [2.24, 2.45) is 0 Å². The van der Waals surface area contributed by atoms with Crippen molar-refractivity contribution >= 4 is 11.3 Å². The van der Waals surface area contributed by atoms with E-state index < -0.39 is 0 Å². The second-order valence-corrected chi connectivity index (χ2v) is 4.26. The molecular formula is C14H18N2O2. The quantitative estimate of drug-likeness (QED) is 0.822. The predicted molar refractivity (Wildman–Crippen MR) is 71.2 cm³/mol. The fourth-order valence-electron chi connectivity index (χ4n) is 2.11. The van der Waals surface area contributed by atoms with Crippen LogP contribution in [0.5, 0.6) is 5.75 Å². The Morgan fingerprint density at radius 1 is 1.28 bits per heavy atom. The predicted octanol–water partition coefficient (Wildman–Crippen LogP) is 2.17. The summed E-state index contributed by atoms with van der Waals surface area (Å²) in [5, 5.41) is 9.85. The molecule has 0 saturated heterocycles. The highest BCUT2D eigenvalue weighted by atomic mass is 16.3. The molecule has 1 N–H and O–H groups in total. The Kier molecular flexibility index (Phi) is 3.67. The molecule has 0 saturated carbocycles. The first-order valence-electron chi connectivity index (χ1n) is 6.21. The molecule has 2 aromatic heterocycles. The molecule has 0 unspecified atom stereocenters. The minimum Gasteiger partial charge on any atom is -0.506 e. The van der Waals surface area contributed by atoms with Crippen LogP contribution in [-0.2, 0) is 0 Å². The summed E-state index contributed by atoms with van der Waals surface area (Å²) in [5.41, 5.74) is 1.18. The third-order valence-corrected chi connectivity index (χ3v) is 3.22. The van der Waals surface area contributed by atoms with E-state index in [2.05, 4.69) is 4.90 Å². The van der Waals surface area contributed by atoms with Gasteiger partial charge in [0.2, 0.25) is 0 Å². The Morgan fingerprint density at radius 2 is 2.00 bits per heavy atom. The summed E-state index contributed by atoms with van der Waals surface area (Å²) in [4.78, 5) is 14.3. The number of fused-ring (bicyclic) bond motifs is 1. The molecule has 96 valence electrons. The lowest BCUT2D eigenvalue weighted by Gasteiger charge is -2.16. The summed E-state index contributed by atoms with van der Waals surface area (Å²) in [6, 6.07) is 5.12. The summed E-state index contributed by atoms with van der Waals surface area (Å²) < 4.78 is 1.77. The first kappa shape index (κ1) is 12.6. The lowest BCUT2D eigenvalue weighted by atomic mass is 10.1. The largest absolute Gasteiger partial charge is 0.506 e. The second kappa shape index (κ2) is 5.23. The molecule has 4 heteroatoms. The van der Waals surface area contributed by atoms with E-state index in [1.54, 1.807) is 28.8 Å². The molecule has 0 spiro atoms. The van der Waals surface area contributed by atoms with Crippen molar-refractivity contribution in [2.75, 3.05) is 19.6 Å². The van der Waals surface area contributed by atoms with Gasteiger partial charge < -0.3 is 9.51 Å². The van der Waals surface area contributed by atoms with E-state index in [-0.39, 0.29) is 11.5 Å². The van der Waals surface area contributed by atoms with Crippen molar-refractivity contribution < 1.29 is 9.90 Å². The molecule has 0 amide bonds. The van der Waals surface area contributed by atoms with Crippen LogP contribution < -0.4 is 0 Å². The van der Waals surface area contributed by atoms with E-state index in [0.29, 0.717) is 17.6 Å². The number of hydrogen-bond donors (Lipinski definition) is 1. The summed E-state index contributed by atoms with van der Waals surface area (Å²) in [6.45, 7) is 6.15. The first-order valence-corrected chi connectivity index (χ1v) is 6.21. The molecule has 0 aliphatic carbocycles. The number of hydrogen-bond acceptors (Lipinski definition) is 3. The monoisotopic (exact) mass is 246 g/mol. The minimum absolute atomic E-state index is 0.0442. The van der Waals surface area contributed by atoms with Crippen molar-refractivity contribution in [3.8, 4) is 5.75 Å². The number of aromatic nitrogens is 1. The molecule has 0 atom stereocenters. The Labute approximate surface area is 106 Å². The second-order valence-electron chi connectivity index (χ2n) is 4.26. The highest BCUT2D eigenvalue weighted by molar-refractivity contribution is 6.05. The number of ketones is 1. The average Bonchev–Trinajstić information content (AvgIpc) is 2.81. The first-order chi connectivity index (χ1) is 8.67. The van der Waals surface area contributed by atoms with E-state index >= 15 is 0 Å². The van der Waals surface area contributed by atoms with Gasteiger partial charge in [0.25, 0.3) is 0 Å². The Hall–Kier alpha value is -1.81. The van der Waals surface area contributed by atoms with Crippen molar-refractivity contribution in [2.45, 2.75) is 13.8 Å². The average molecular weight is 246 g/mol. The van der Waals surface area contributed by atoms with Crippen LogP contribution in [0.15, 0.2) is 30.6 Å². The smallest absolute Gasteiger partial charge is 0.179 e. The highest BCUT2D eigenvalue weighted by Crippen LogP contribution is 2.23. The van der Waals surface area contributed by atoms with Crippen LogP contribution in [0.1, 0.15) is 24.2 Å². The standard InChI is InChI=1S/C14H18N2O2/c1-3-15(4-2)10-13(18)11-7-9-16-8-5-6-12(17)14(11)16/h5-9,17H,3-4,10H2,1-2H3. The summed E-state index contributed by atoms with van der Waals surface area (Å²) in [6.07, 6.45) is 3.62. The lowest BCUT2D eigenvalue weighted by molar-refractivity contribution is 0.0939. The molecule has 18 heavy (non-hydrogen) atoms. The fourth-order valence-corrected chi connectivity index (χ4v) is 2.11. The number of nitrogens with zero attached hydrogens (tertiary/aromatic N) is 2. The van der Waals surface area contributed by atoms with Crippen LogP contribution >= 0.6 is 0 Å². The van der Waals surface area contributed by atoms with Gasteiger partial charge in [-0.25, -0.2) is 0 Å². The fraction of sp³-hybridized carbons (Fsp3) is 0.357. The number of carbonyl (C=O) groups is 1. The van der Waals surface area contributed by atoms with E-state index in [4.69, 9.17) is 0 Å². The summed E-state index contributed by atoms with van der Waals surface area (Å²) >= 11 is 0. The number of Topliss-reactive ketones (excluding diaryl/α,β-unsaturated/α-hetero) is 1. The van der Waals surface area contributed by atoms with Gasteiger partial charge in [0, 0.05) is 18.0 Å². The van der Waals surface area contributed by atoms with Crippen molar-refractivity contribution in [3.05, 3.63) is 36.2 Å². The highest BCUT2D eigenvalue weighted by Gasteiger charge is 2.16. The van der Waals surface area contributed by atoms with E-state index in [9.17, 15) is 9.90 Å². The van der Waals surface area contributed by atoms with Crippen molar-refractivity contribution in [1.29, 1.82) is 0 Å². The number of carbonyl (C=O) groups excluding carboxylic acids is 1. The maximum atomic E-state index is 12.2. The van der Waals surface area contributed by atoms with Crippen LogP contribution in [0, 0.1) is 0 Å². The normalized spacial score (nSPS) is 11.3. The Morgan fingerprint density at radius 3 is 2.67 bits per heavy atom. The van der Waals surface area contributed by atoms with E-state index in [1.165, 1.54) is 0 Å². The van der Waals surface area contributed by atoms with Gasteiger partial charge in [-0.05, 0) is 31.3 Å². The van der Waals surface area contributed by atoms with Gasteiger partial charge in [-0.15, -0.1) is 0 Å². The van der Waals surface area contributed by atoms with Gasteiger partial charge in [-0.1, -0.05) is 13.8 Å². The van der Waals surface area contributed by atoms with Gasteiger partial charge in [0.15, 0.2) is 5.78 Å². The van der Waals surface area contributed by atoms with Gasteiger partial charge in [0.1, 0.15) is 5.75 Å². The summed E-state index contributed by atoms with van der Waals surface area (Å²) in [7, 11) is 0. The molecule has 0 aliphatic heterocycles. The third-order valence-electron chi connectivity index (χ3n) is 3.22. The third kappa shape index (κ3) is 2.24. The number of likely N-dealkylation sites (N-methyl/N-ethyl adjacent to an activating group) is 1. The topological polar surface area (TPSA) is 45.0 Å². The molecule has 4 nitrogen and oxygen atoms in total. The molecule has 0 aromatic carbocycles. The van der Waals surface area contributed by atoms with E-state index in [1.807, 2.05) is 20.0 Å².